The molecule has 1 fully saturated rings. The Morgan fingerprint density at radius 1 is 1.23 bits per heavy atom. The van der Waals surface area contributed by atoms with E-state index >= 15 is 0 Å². The topological polar surface area (TPSA) is 61.3 Å². The van der Waals surface area contributed by atoms with Gasteiger partial charge >= 0.3 is 6.18 Å². The summed E-state index contributed by atoms with van der Waals surface area (Å²) in [7, 11) is 1.98. The average molecular weight is 366 g/mol. The maximum atomic E-state index is 13.6. The molecule has 26 heavy (non-hydrogen) atoms. The highest BCUT2D eigenvalue weighted by Gasteiger charge is 2.36. The fourth-order valence-electron chi connectivity index (χ4n) is 3.21. The van der Waals surface area contributed by atoms with Crippen molar-refractivity contribution in [1.82, 2.24) is 15.1 Å². The van der Waals surface area contributed by atoms with Crippen LogP contribution in [0.15, 0.2) is 24.3 Å². The van der Waals surface area contributed by atoms with E-state index in [0.717, 1.165) is 37.6 Å². The number of halogens is 3. The molecule has 3 rings (SSSR count). The minimum absolute atomic E-state index is 0.0133. The van der Waals surface area contributed by atoms with Gasteiger partial charge in [-0.1, -0.05) is 6.07 Å². The summed E-state index contributed by atoms with van der Waals surface area (Å²) in [6.45, 7) is 3.46. The first-order valence-corrected chi connectivity index (χ1v) is 8.44. The van der Waals surface area contributed by atoms with E-state index in [9.17, 15) is 18.3 Å². The molecular weight excluding hydrogens is 345 g/mol. The van der Waals surface area contributed by atoms with E-state index in [2.05, 4.69) is 20.4 Å². The van der Waals surface area contributed by atoms with E-state index in [1.54, 1.807) is 13.0 Å². The molecule has 0 saturated carbocycles. The van der Waals surface area contributed by atoms with Gasteiger partial charge < -0.3 is 15.3 Å². The summed E-state index contributed by atoms with van der Waals surface area (Å²) < 4.78 is 40.7. The number of rotatable bonds is 3. The molecular formula is C18H21F3N4O. The van der Waals surface area contributed by atoms with Gasteiger partial charge in [-0.3, -0.25) is 0 Å². The fraction of sp³-hybridized carbons (Fsp3) is 0.444. The predicted octanol–water partition coefficient (Wildman–Crippen LogP) is 3.68. The van der Waals surface area contributed by atoms with Gasteiger partial charge in [0.1, 0.15) is 17.3 Å². The van der Waals surface area contributed by atoms with Crippen LogP contribution in [0, 0.1) is 6.92 Å². The Kier molecular flexibility index (Phi) is 5.04. The maximum Gasteiger partial charge on any atom is 0.418 e. The van der Waals surface area contributed by atoms with Crippen molar-refractivity contribution < 1.29 is 18.3 Å². The molecule has 0 bridgehead atoms. The van der Waals surface area contributed by atoms with Crippen molar-refractivity contribution in [2.24, 2.45) is 0 Å². The van der Waals surface area contributed by atoms with Crippen LogP contribution in [0.2, 0.25) is 0 Å². The third kappa shape index (κ3) is 4.07. The Bertz CT molecular complexity index is 794. The zero-order valence-corrected chi connectivity index (χ0v) is 14.6. The van der Waals surface area contributed by atoms with Crippen LogP contribution in [0.25, 0.3) is 11.3 Å². The molecule has 2 aromatic rings. The lowest BCUT2D eigenvalue weighted by molar-refractivity contribution is -0.137. The second-order valence-corrected chi connectivity index (χ2v) is 6.76. The van der Waals surface area contributed by atoms with Crippen LogP contribution in [0.3, 0.4) is 0 Å². The molecule has 0 aliphatic carbocycles. The lowest BCUT2D eigenvalue weighted by atomic mass is 10.0. The number of aromatic nitrogens is 2. The van der Waals surface area contributed by atoms with Crippen LogP contribution in [-0.4, -0.2) is 46.4 Å². The van der Waals surface area contributed by atoms with Crippen molar-refractivity contribution >= 4 is 5.82 Å². The van der Waals surface area contributed by atoms with Crippen molar-refractivity contribution in [3.8, 4) is 17.0 Å². The number of phenolic OH excluding ortho intramolecular Hbond substituents is 1. The van der Waals surface area contributed by atoms with Gasteiger partial charge in [-0.15, -0.1) is 10.2 Å². The molecule has 1 saturated heterocycles. The highest BCUT2D eigenvalue weighted by molar-refractivity contribution is 5.71. The van der Waals surface area contributed by atoms with Crippen LogP contribution >= 0.6 is 0 Å². The van der Waals surface area contributed by atoms with Crippen molar-refractivity contribution in [3.63, 3.8) is 0 Å². The summed E-state index contributed by atoms with van der Waals surface area (Å²) >= 11 is 0. The molecule has 1 aromatic heterocycles. The van der Waals surface area contributed by atoms with E-state index < -0.39 is 11.7 Å². The standard InChI is InChI=1S/C18H21F3N4O/c1-11-5-6-13(15(26)8-11)17-14(18(19,20)21)9-16(23-24-17)22-12-4-3-7-25(2)10-12/h5-6,8-9,12,26H,3-4,7,10H2,1-2H3,(H,22,23). The molecule has 2 heterocycles. The number of anilines is 1. The summed E-state index contributed by atoms with van der Waals surface area (Å²) in [5.74, 6) is -0.160. The Hall–Kier alpha value is -2.35. The first-order chi connectivity index (χ1) is 12.2. The number of likely N-dealkylation sites (tertiary alicyclic amines) is 1. The van der Waals surface area contributed by atoms with Gasteiger partial charge in [0.15, 0.2) is 0 Å². The molecule has 1 aliphatic rings. The number of nitrogens with zero attached hydrogens (tertiary/aromatic N) is 3. The SMILES string of the molecule is Cc1ccc(-c2nnc(NC3CCCN(C)C3)cc2C(F)(F)F)c(O)c1. The number of phenols is 1. The maximum absolute atomic E-state index is 13.6. The van der Waals surface area contributed by atoms with Gasteiger partial charge in [-0.25, -0.2) is 0 Å². The second kappa shape index (κ2) is 7.11. The average Bonchev–Trinajstić information content (AvgIpc) is 2.54. The third-order valence-electron chi connectivity index (χ3n) is 4.48. The fourth-order valence-corrected chi connectivity index (χ4v) is 3.21. The number of hydrogen-bond donors (Lipinski definition) is 2. The molecule has 2 N–H and O–H groups in total. The van der Waals surface area contributed by atoms with Gasteiger partial charge in [0.25, 0.3) is 0 Å². The highest BCUT2D eigenvalue weighted by atomic mass is 19.4. The minimum atomic E-state index is -4.61. The van der Waals surface area contributed by atoms with Crippen LogP contribution in [0.4, 0.5) is 19.0 Å². The lowest BCUT2D eigenvalue weighted by Crippen LogP contribution is -2.40. The molecule has 1 aliphatic heterocycles. The van der Waals surface area contributed by atoms with Crippen LogP contribution in [-0.2, 0) is 6.18 Å². The van der Waals surface area contributed by atoms with Crippen molar-refractivity contribution in [2.75, 3.05) is 25.5 Å². The second-order valence-electron chi connectivity index (χ2n) is 6.76. The third-order valence-corrected chi connectivity index (χ3v) is 4.48. The Morgan fingerprint density at radius 3 is 2.65 bits per heavy atom. The van der Waals surface area contributed by atoms with Gasteiger partial charge in [-0.05, 0) is 57.1 Å². The summed E-state index contributed by atoms with van der Waals surface area (Å²) in [5.41, 5.74) is -0.536. The number of nitrogens with one attached hydrogen (secondary N) is 1. The molecule has 1 atom stereocenters. The summed E-state index contributed by atoms with van der Waals surface area (Å²) in [5, 5.41) is 20.8. The smallest absolute Gasteiger partial charge is 0.418 e. The Balaban J connectivity index is 1.96. The van der Waals surface area contributed by atoms with Crippen molar-refractivity contribution in [2.45, 2.75) is 32.0 Å². The van der Waals surface area contributed by atoms with Crippen molar-refractivity contribution in [3.05, 3.63) is 35.4 Å². The van der Waals surface area contributed by atoms with Gasteiger partial charge in [0.05, 0.1) is 5.56 Å². The molecule has 8 heteroatoms. The molecule has 0 amide bonds. The summed E-state index contributed by atoms with van der Waals surface area (Å²) in [6.07, 6.45) is -2.76. The van der Waals surface area contributed by atoms with Crippen LogP contribution in [0.5, 0.6) is 5.75 Å². The summed E-state index contributed by atoms with van der Waals surface area (Å²) in [4.78, 5) is 2.12. The number of alkyl halides is 3. The monoisotopic (exact) mass is 366 g/mol. The Morgan fingerprint density at radius 2 is 2.00 bits per heavy atom. The van der Waals surface area contributed by atoms with Crippen LogP contribution < -0.4 is 5.32 Å². The number of piperidine rings is 1. The zero-order valence-electron chi connectivity index (χ0n) is 14.6. The van der Waals surface area contributed by atoms with Gasteiger partial charge in [0, 0.05) is 18.2 Å². The Labute approximate surface area is 149 Å². The summed E-state index contributed by atoms with van der Waals surface area (Å²) in [6, 6.07) is 5.45. The van der Waals surface area contributed by atoms with E-state index in [-0.39, 0.29) is 28.9 Å². The van der Waals surface area contributed by atoms with Gasteiger partial charge in [0.2, 0.25) is 0 Å². The number of aromatic hydroxyl groups is 1. The van der Waals surface area contributed by atoms with Crippen LogP contribution in [0.1, 0.15) is 24.0 Å². The largest absolute Gasteiger partial charge is 0.507 e. The molecule has 0 radical (unpaired) electrons. The number of benzene rings is 1. The van der Waals surface area contributed by atoms with E-state index in [1.165, 1.54) is 12.1 Å². The van der Waals surface area contributed by atoms with Crippen molar-refractivity contribution in [1.29, 1.82) is 0 Å². The van der Waals surface area contributed by atoms with E-state index in [1.807, 2.05) is 7.05 Å². The molecule has 1 aromatic carbocycles. The lowest BCUT2D eigenvalue weighted by Gasteiger charge is -2.30. The normalized spacial score (nSPS) is 18.7. The minimum Gasteiger partial charge on any atom is -0.507 e. The van der Waals surface area contributed by atoms with E-state index in [0.29, 0.717) is 0 Å². The molecule has 140 valence electrons. The van der Waals surface area contributed by atoms with E-state index in [4.69, 9.17) is 0 Å². The predicted molar refractivity (Wildman–Crippen MR) is 93.0 cm³/mol. The highest BCUT2D eigenvalue weighted by Crippen LogP contribution is 2.39. The number of likely N-dealkylation sites (N-methyl/N-ethyl adjacent to an activating group) is 1. The number of hydrogen-bond acceptors (Lipinski definition) is 5. The molecule has 5 nitrogen and oxygen atoms in total. The first-order valence-electron chi connectivity index (χ1n) is 8.44. The molecule has 1 unspecified atom stereocenters. The van der Waals surface area contributed by atoms with Gasteiger partial charge in [-0.2, -0.15) is 13.2 Å². The molecule has 0 spiro atoms. The number of aryl methyl sites for hydroxylation is 1. The first kappa shape index (κ1) is 18.4. The zero-order chi connectivity index (χ0) is 18.9. The quantitative estimate of drug-likeness (QED) is 0.868.